The van der Waals surface area contributed by atoms with Gasteiger partial charge in [-0.3, -0.25) is 14.5 Å². The highest BCUT2D eigenvalue weighted by Crippen LogP contribution is 2.14. The van der Waals surface area contributed by atoms with Crippen molar-refractivity contribution in [2.24, 2.45) is 12.0 Å². The van der Waals surface area contributed by atoms with Gasteiger partial charge in [0, 0.05) is 31.5 Å². The zero-order valence-electron chi connectivity index (χ0n) is 17.8. The number of carbonyl (C=O) groups is 1. The summed E-state index contributed by atoms with van der Waals surface area (Å²) in [5, 5.41) is 13.8. The summed E-state index contributed by atoms with van der Waals surface area (Å²) in [5.74, 6) is 0.493. The maximum atomic E-state index is 12.2. The first kappa shape index (κ1) is 21.5. The lowest BCUT2D eigenvalue weighted by Crippen LogP contribution is -2.45. The van der Waals surface area contributed by atoms with Crippen LogP contribution in [0.1, 0.15) is 36.4 Å². The fourth-order valence-corrected chi connectivity index (χ4v) is 3.14. The van der Waals surface area contributed by atoms with Gasteiger partial charge < -0.3 is 16.0 Å². The van der Waals surface area contributed by atoms with Crippen molar-refractivity contribution < 1.29 is 4.79 Å². The molecule has 28 heavy (non-hydrogen) atoms. The van der Waals surface area contributed by atoms with Crippen LogP contribution < -0.4 is 16.0 Å². The number of guanidine groups is 1. The van der Waals surface area contributed by atoms with Crippen molar-refractivity contribution in [3.8, 4) is 0 Å². The molecule has 0 saturated heterocycles. The summed E-state index contributed by atoms with van der Waals surface area (Å²) in [6.07, 6.45) is 1.77. The second-order valence-electron chi connectivity index (χ2n) is 7.05. The van der Waals surface area contributed by atoms with E-state index in [1.807, 2.05) is 42.9 Å². The summed E-state index contributed by atoms with van der Waals surface area (Å²) in [6, 6.07) is 8.03. The minimum atomic E-state index is -0.109. The zero-order chi connectivity index (χ0) is 20.7. The van der Waals surface area contributed by atoms with E-state index in [1.54, 1.807) is 7.05 Å². The number of benzene rings is 1. The summed E-state index contributed by atoms with van der Waals surface area (Å²) in [4.78, 5) is 16.5. The number of carbonyl (C=O) groups excluding carboxylic acids is 1. The molecule has 0 aliphatic carbocycles. The normalized spacial score (nSPS) is 12.6. The third kappa shape index (κ3) is 5.84. The molecule has 0 bridgehead atoms. The van der Waals surface area contributed by atoms with Crippen LogP contribution in [0.25, 0.3) is 0 Å². The molecule has 1 aromatic carbocycles. The molecule has 0 fully saturated rings. The van der Waals surface area contributed by atoms with E-state index in [4.69, 9.17) is 0 Å². The largest absolute Gasteiger partial charge is 0.354 e. The van der Waals surface area contributed by atoms with Crippen molar-refractivity contribution in [3.63, 3.8) is 0 Å². The lowest BCUT2D eigenvalue weighted by molar-refractivity contribution is -0.115. The highest BCUT2D eigenvalue weighted by molar-refractivity contribution is 5.95. The zero-order valence-corrected chi connectivity index (χ0v) is 17.8. The number of hydrogen-bond donors (Lipinski definition) is 3. The summed E-state index contributed by atoms with van der Waals surface area (Å²) >= 11 is 0. The molecular formula is C21H32N6O. The van der Waals surface area contributed by atoms with Gasteiger partial charge in [-0.2, -0.15) is 5.10 Å². The predicted octanol–water partition coefficient (Wildman–Crippen LogP) is 2.33. The number of rotatable bonds is 7. The SMILES string of the molecule is CCc1cccc(NC(=O)CNC(=NC)NC(C)Cc2c(C)nn(C)c2C)c1. The standard InChI is InChI=1S/C21H32N6O/c1-7-17-9-8-10-18(12-17)25-20(28)13-23-21(22-5)24-14(2)11-19-15(3)26-27(6)16(19)4/h8-10,12,14H,7,11,13H2,1-6H3,(H,25,28)(H2,22,23,24). The molecule has 0 aliphatic rings. The second kappa shape index (κ2) is 9.92. The van der Waals surface area contributed by atoms with E-state index in [-0.39, 0.29) is 18.5 Å². The molecule has 1 atom stereocenters. The maximum Gasteiger partial charge on any atom is 0.243 e. The highest BCUT2D eigenvalue weighted by atomic mass is 16.1. The van der Waals surface area contributed by atoms with Crippen molar-refractivity contribution in [2.75, 3.05) is 18.9 Å². The molecule has 1 heterocycles. The van der Waals surface area contributed by atoms with Crippen LogP contribution in [0.2, 0.25) is 0 Å². The van der Waals surface area contributed by atoms with Gasteiger partial charge in [0.05, 0.1) is 12.2 Å². The van der Waals surface area contributed by atoms with E-state index in [2.05, 4.69) is 46.8 Å². The maximum absolute atomic E-state index is 12.2. The molecule has 7 nitrogen and oxygen atoms in total. The first-order chi connectivity index (χ1) is 13.3. The van der Waals surface area contributed by atoms with Gasteiger partial charge in [0.15, 0.2) is 5.96 Å². The number of hydrogen-bond acceptors (Lipinski definition) is 3. The van der Waals surface area contributed by atoms with Crippen molar-refractivity contribution >= 4 is 17.6 Å². The Morgan fingerprint density at radius 3 is 2.68 bits per heavy atom. The van der Waals surface area contributed by atoms with E-state index in [1.165, 1.54) is 16.8 Å². The van der Waals surface area contributed by atoms with Crippen LogP contribution in [0.5, 0.6) is 0 Å². The van der Waals surface area contributed by atoms with Crippen LogP contribution in [0.4, 0.5) is 5.69 Å². The van der Waals surface area contributed by atoms with Crippen LogP contribution in [0.3, 0.4) is 0 Å². The topological polar surface area (TPSA) is 83.3 Å². The van der Waals surface area contributed by atoms with Gasteiger partial charge in [0.2, 0.25) is 5.91 Å². The third-order valence-electron chi connectivity index (χ3n) is 4.81. The Labute approximate surface area is 167 Å². The number of nitrogens with zero attached hydrogens (tertiary/aromatic N) is 3. The monoisotopic (exact) mass is 384 g/mol. The lowest BCUT2D eigenvalue weighted by atomic mass is 10.1. The average molecular weight is 385 g/mol. The van der Waals surface area contributed by atoms with Crippen LogP contribution in [-0.4, -0.2) is 41.3 Å². The van der Waals surface area contributed by atoms with Crippen molar-refractivity contribution in [2.45, 2.75) is 46.6 Å². The first-order valence-electron chi connectivity index (χ1n) is 9.69. The van der Waals surface area contributed by atoms with Crippen molar-refractivity contribution in [1.29, 1.82) is 0 Å². The van der Waals surface area contributed by atoms with Crippen LogP contribution in [0, 0.1) is 13.8 Å². The fraction of sp³-hybridized carbons (Fsp3) is 0.476. The smallest absolute Gasteiger partial charge is 0.243 e. The molecule has 0 radical (unpaired) electrons. The van der Waals surface area contributed by atoms with Crippen LogP contribution >= 0.6 is 0 Å². The molecular weight excluding hydrogens is 352 g/mol. The van der Waals surface area contributed by atoms with E-state index >= 15 is 0 Å². The first-order valence-corrected chi connectivity index (χ1v) is 9.69. The van der Waals surface area contributed by atoms with Gasteiger partial charge in [-0.25, -0.2) is 0 Å². The fourth-order valence-electron chi connectivity index (χ4n) is 3.14. The van der Waals surface area contributed by atoms with E-state index in [0.29, 0.717) is 5.96 Å². The Morgan fingerprint density at radius 1 is 1.32 bits per heavy atom. The van der Waals surface area contributed by atoms with Gasteiger partial charge in [0.1, 0.15) is 0 Å². The van der Waals surface area contributed by atoms with Crippen molar-refractivity contribution in [1.82, 2.24) is 20.4 Å². The average Bonchev–Trinajstić information content (AvgIpc) is 2.91. The highest BCUT2D eigenvalue weighted by Gasteiger charge is 2.14. The lowest BCUT2D eigenvalue weighted by Gasteiger charge is -2.18. The van der Waals surface area contributed by atoms with E-state index < -0.39 is 0 Å². The Hall–Kier alpha value is -2.83. The van der Waals surface area contributed by atoms with Crippen LogP contribution in [0.15, 0.2) is 29.3 Å². The van der Waals surface area contributed by atoms with Gasteiger partial charge >= 0.3 is 0 Å². The Balaban J connectivity index is 1.85. The molecule has 2 rings (SSSR count). The molecule has 1 aromatic heterocycles. The molecule has 0 aliphatic heterocycles. The number of aromatic nitrogens is 2. The van der Waals surface area contributed by atoms with E-state index in [9.17, 15) is 4.79 Å². The summed E-state index contributed by atoms with van der Waals surface area (Å²) in [7, 11) is 3.66. The van der Waals surface area contributed by atoms with Crippen molar-refractivity contribution in [3.05, 3.63) is 46.8 Å². The predicted molar refractivity (Wildman–Crippen MR) is 115 cm³/mol. The molecule has 7 heteroatoms. The van der Waals surface area contributed by atoms with Crippen LogP contribution in [-0.2, 0) is 24.7 Å². The number of anilines is 1. The Bertz CT molecular complexity index is 839. The number of amides is 1. The molecule has 1 unspecified atom stereocenters. The second-order valence-corrected chi connectivity index (χ2v) is 7.05. The summed E-state index contributed by atoms with van der Waals surface area (Å²) < 4.78 is 1.91. The third-order valence-corrected chi connectivity index (χ3v) is 4.81. The molecule has 2 aromatic rings. The minimum absolute atomic E-state index is 0.109. The number of aliphatic imine (C=N–C) groups is 1. The quantitative estimate of drug-likeness (QED) is 0.505. The Morgan fingerprint density at radius 2 is 2.07 bits per heavy atom. The summed E-state index contributed by atoms with van der Waals surface area (Å²) in [5.41, 5.74) is 5.46. The van der Waals surface area contributed by atoms with Gasteiger partial charge in [-0.05, 0) is 56.9 Å². The van der Waals surface area contributed by atoms with E-state index in [0.717, 1.165) is 24.2 Å². The minimum Gasteiger partial charge on any atom is -0.354 e. The Kier molecular flexibility index (Phi) is 7.61. The molecule has 3 N–H and O–H groups in total. The molecule has 0 spiro atoms. The van der Waals surface area contributed by atoms with Gasteiger partial charge in [-0.15, -0.1) is 0 Å². The summed E-state index contributed by atoms with van der Waals surface area (Å²) in [6.45, 7) is 8.43. The number of nitrogens with one attached hydrogen (secondary N) is 3. The number of aryl methyl sites for hydroxylation is 3. The molecule has 1 amide bonds. The molecule has 152 valence electrons. The van der Waals surface area contributed by atoms with Gasteiger partial charge in [0.25, 0.3) is 0 Å². The van der Waals surface area contributed by atoms with Gasteiger partial charge in [-0.1, -0.05) is 19.1 Å². The molecule has 0 saturated carbocycles.